The van der Waals surface area contributed by atoms with Crippen LogP contribution in [0.3, 0.4) is 0 Å². The predicted molar refractivity (Wildman–Crippen MR) is 125 cm³/mol. The smallest absolute Gasteiger partial charge is 0.319 e. The van der Waals surface area contributed by atoms with Crippen molar-refractivity contribution in [3.05, 3.63) is 83.9 Å². The number of hydrogen-bond donors (Lipinski definition) is 2. The van der Waals surface area contributed by atoms with E-state index in [0.29, 0.717) is 24.5 Å². The van der Waals surface area contributed by atoms with Crippen LogP contribution in [-0.4, -0.2) is 33.8 Å². The molecule has 0 saturated carbocycles. The zero-order valence-electron chi connectivity index (χ0n) is 18.2. The maximum Gasteiger partial charge on any atom is 0.319 e. The summed E-state index contributed by atoms with van der Waals surface area (Å²) in [6.07, 6.45) is 0.684. The Hall–Kier alpha value is -3.67. The minimum absolute atomic E-state index is 0.235. The quantitative estimate of drug-likeness (QED) is 0.528. The van der Waals surface area contributed by atoms with E-state index in [2.05, 4.69) is 27.7 Å². The number of amides is 2. The highest BCUT2D eigenvalue weighted by molar-refractivity contribution is 5.93. The number of urea groups is 1. The fraction of sp³-hybridized carbons (Fsp3) is 0.240. The lowest BCUT2D eigenvalue weighted by Gasteiger charge is -2.23. The lowest BCUT2D eigenvalue weighted by Crippen LogP contribution is -2.31. The summed E-state index contributed by atoms with van der Waals surface area (Å²) in [5.74, 6) is 1.37. The Balaban J connectivity index is 1.56. The number of nitrogens with one attached hydrogen (secondary N) is 2. The van der Waals surface area contributed by atoms with Gasteiger partial charge in [-0.3, -0.25) is 0 Å². The third-order valence-electron chi connectivity index (χ3n) is 4.97. The van der Waals surface area contributed by atoms with Gasteiger partial charge in [-0.15, -0.1) is 0 Å². The van der Waals surface area contributed by atoms with Crippen LogP contribution in [0.5, 0.6) is 11.5 Å². The van der Waals surface area contributed by atoms with Crippen LogP contribution in [-0.2, 0) is 13.0 Å². The van der Waals surface area contributed by atoms with E-state index in [-0.39, 0.29) is 6.03 Å². The molecule has 162 valence electrons. The van der Waals surface area contributed by atoms with Gasteiger partial charge >= 0.3 is 6.03 Å². The van der Waals surface area contributed by atoms with Crippen molar-refractivity contribution in [1.82, 2.24) is 5.32 Å². The first-order valence-electron chi connectivity index (χ1n) is 10.2. The summed E-state index contributed by atoms with van der Waals surface area (Å²) in [4.78, 5) is 14.6. The molecule has 3 aromatic carbocycles. The number of nitrogens with zero attached hydrogens (tertiary/aromatic N) is 1. The van der Waals surface area contributed by atoms with Crippen LogP contribution in [0, 0.1) is 0 Å². The van der Waals surface area contributed by atoms with Crippen LogP contribution in [0.4, 0.5) is 16.2 Å². The topological polar surface area (TPSA) is 62.8 Å². The molecule has 0 aromatic heterocycles. The van der Waals surface area contributed by atoms with Gasteiger partial charge in [0.05, 0.1) is 25.6 Å². The molecule has 0 radical (unpaired) electrons. The van der Waals surface area contributed by atoms with Crippen LogP contribution in [0.1, 0.15) is 11.1 Å². The van der Waals surface area contributed by atoms with Crippen molar-refractivity contribution in [1.29, 1.82) is 0 Å². The van der Waals surface area contributed by atoms with Crippen molar-refractivity contribution in [2.24, 2.45) is 0 Å². The van der Waals surface area contributed by atoms with Gasteiger partial charge in [0.15, 0.2) is 11.5 Å². The van der Waals surface area contributed by atoms with Crippen LogP contribution < -0.4 is 25.0 Å². The Labute approximate surface area is 183 Å². The normalized spacial score (nSPS) is 10.3. The maximum atomic E-state index is 12.5. The Morgan fingerprint density at radius 1 is 0.871 bits per heavy atom. The van der Waals surface area contributed by atoms with E-state index in [9.17, 15) is 4.79 Å². The fourth-order valence-corrected chi connectivity index (χ4v) is 3.38. The van der Waals surface area contributed by atoms with Crippen molar-refractivity contribution in [3.8, 4) is 11.5 Å². The fourth-order valence-electron chi connectivity index (χ4n) is 3.38. The van der Waals surface area contributed by atoms with Gasteiger partial charge in [0.25, 0.3) is 0 Å². The van der Waals surface area contributed by atoms with Crippen molar-refractivity contribution in [2.45, 2.75) is 13.0 Å². The molecule has 0 heterocycles. The van der Waals surface area contributed by atoms with Gasteiger partial charge < -0.3 is 25.0 Å². The molecule has 0 fully saturated rings. The zero-order valence-corrected chi connectivity index (χ0v) is 18.2. The number of methoxy groups -OCH3 is 2. The molecule has 0 spiro atoms. The minimum Gasteiger partial charge on any atom is -0.493 e. The van der Waals surface area contributed by atoms with E-state index >= 15 is 0 Å². The highest BCUT2D eigenvalue weighted by Crippen LogP contribution is 2.28. The SMILES string of the molecule is COc1ccc(CCNC(=O)Nc2ccccc2N(C)Cc2ccccc2)cc1OC. The van der Waals surface area contributed by atoms with Crippen molar-refractivity contribution in [2.75, 3.05) is 38.0 Å². The van der Waals surface area contributed by atoms with Crippen LogP contribution in [0.2, 0.25) is 0 Å². The average Bonchev–Trinajstić information content (AvgIpc) is 2.80. The second kappa shape index (κ2) is 10.9. The van der Waals surface area contributed by atoms with Gasteiger partial charge in [-0.05, 0) is 41.8 Å². The monoisotopic (exact) mass is 419 g/mol. The molecular weight excluding hydrogens is 390 g/mol. The molecule has 31 heavy (non-hydrogen) atoms. The number of hydrogen-bond acceptors (Lipinski definition) is 4. The molecule has 2 amide bonds. The Bertz CT molecular complexity index is 992. The maximum absolute atomic E-state index is 12.5. The Morgan fingerprint density at radius 3 is 2.32 bits per heavy atom. The average molecular weight is 420 g/mol. The van der Waals surface area contributed by atoms with Gasteiger partial charge in [0.2, 0.25) is 0 Å². The number of para-hydroxylation sites is 2. The van der Waals surface area contributed by atoms with E-state index in [1.54, 1.807) is 14.2 Å². The largest absolute Gasteiger partial charge is 0.493 e. The molecule has 0 saturated heterocycles. The number of carbonyl (C=O) groups excluding carboxylic acids is 1. The molecule has 2 N–H and O–H groups in total. The summed E-state index contributed by atoms with van der Waals surface area (Å²) in [7, 11) is 5.24. The van der Waals surface area contributed by atoms with Crippen molar-refractivity contribution in [3.63, 3.8) is 0 Å². The third-order valence-corrected chi connectivity index (χ3v) is 4.97. The van der Waals surface area contributed by atoms with Gasteiger partial charge in [0.1, 0.15) is 0 Å². The highest BCUT2D eigenvalue weighted by Gasteiger charge is 2.11. The minimum atomic E-state index is -0.235. The number of ether oxygens (including phenoxy) is 2. The lowest BCUT2D eigenvalue weighted by atomic mass is 10.1. The van der Waals surface area contributed by atoms with E-state index in [0.717, 1.165) is 23.5 Å². The van der Waals surface area contributed by atoms with E-state index < -0.39 is 0 Å². The number of rotatable bonds is 9. The van der Waals surface area contributed by atoms with E-state index in [1.165, 1.54) is 5.56 Å². The van der Waals surface area contributed by atoms with Gasteiger partial charge in [-0.1, -0.05) is 48.5 Å². The standard InChI is InChI=1S/C25H29N3O3/c1-28(18-20-9-5-4-6-10-20)22-12-8-7-11-21(22)27-25(29)26-16-15-19-13-14-23(30-2)24(17-19)31-3/h4-14,17H,15-16,18H2,1-3H3,(H2,26,27,29). The summed E-state index contributed by atoms with van der Waals surface area (Å²) in [6.45, 7) is 1.25. The van der Waals surface area contributed by atoms with Crippen molar-refractivity contribution >= 4 is 17.4 Å². The summed E-state index contributed by atoms with van der Waals surface area (Å²) < 4.78 is 10.6. The molecule has 0 unspecified atom stereocenters. The number of carbonyl (C=O) groups is 1. The molecule has 0 aliphatic rings. The first kappa shape index (κ1) is 22.0. The summed E-state index contributed by atoms with van der Waals surface area (Å²) in [6, 6.07) is 23.6. The lowest BCUT2D eigenvalue weighted by molar-refractivity contribution is 0.252. The number of anilines is 2. The summed E-state index contributed by atoms with van der Waals surface area (Å²) in [5.41, 5.74) is 3.99. The van der Waals surface area contributed by atoms with Crippen LogP contribution in [0.25, 0.3) is 0 Å². The second-order valence-corrected chi connectivity index (χ2v) is 7.18. The molecule has 3 aromatic rings. The Morgan fingerprint density at radius 2 is 1.58 bits per heavy atom. The molecule has 6 nitrogen and oxygen atoms in total. The Kier molecular flexibility index (Phi) is 7.76. The summed E-state index contributed by atoms with van der Waals surface area (Å²) in [5, 5.41) is 5.89. The van der Waals surface area contributed by atoms with Crippen molar-refractivity contribution < 1.29 is 14.3 Å². The number of benzene rings is 3. The molecule has 0 bridgehead atoms. The highest BCUT2D eigenvalue weighted by atomic mass is 16.5. The second-order valence-electron chi connectivity index (χ2n) is 7.18. The zero-order chi connectivity index (χ0) is 22.1. The van der Waals surface area contributed by atoms with E-state index in [4.69, 9.17) is 9.47 Å². The van der Waals surface area contributed by atoms with Crippen LogP contribution >= 0.6 is 0 Å². The molecule has 0 atom stereocenters. The molecule has 0 aliphatic heterocycles. The predicted octanol–water partition coefficient (Wildman–Crippen LogP) is 4.70. The van der Waals surface area contributed by atoms with Gasteiger partial charge in [-0.2, -0.15) is 0 Å². The summed E-state index contributed by atoms with van der Waals surface area (Å²) >= 11 is 0. The molecular formula is C25H29N3O3. The molecule has 3 rings (SSSR count). The van der Waals surface area contributed by atoms with Gasteiger partial charge in [0, 0.05) is 20.1 Å². The van der Waals surface area contributed by atoms with Crippen LogP contribution in [0.15, 0.2) is 72.8 Å². The first-order chi connectivity index (χ1) is 15.1. The molecule has 0 aliphatic carbocycles. The van der Waals surface area contributed by atoms with Gasteiger partial charge in [-0.25, -0.2) is 4.79 Å². The van der Waals surface area contributed by atoms with E-state index in [1.807, 2.05) is 67.7 Å². The molecule has 6 heteroatoms. The third kappa shape index (κ3) is 6.15. The first-order valence-corrected chi connectivity index (χ1v) is 10.2.